The molecule has 0 aliphatic heterocycles. The molecule has 88 valence electrons. The van der Waals surface area contributed by atoms with Crippen LogP contribution in [0.1, 0.15) is 15.2 Å². The summed E-state index contributed by atoms with van der Waals surface area (Å²) in [5.41, 5.74) is 8.54. The Morgan fingerprint density at radius 1 is 1.35 bits per heavy atom. The molecule has 2 N–H and O–H groups in total. The normalized spacial score (nSPS) is 10.2. The minimum absolute atomic E-state index is 0.382. The SMILES string of the molecule is COC(=O)c1sc(-c2ccccc2C)cc1N. The second-order valence-corrected chi connectivity index (χ2v) is 4.75. The van der Waals surface area contributed by atoms with Crippen molar-refractivity contribution < 1.29 is 9.53 Å². The standard InChI is InChI=1S/C13H13NO2S/c1-8-5-3-4-6-9(8)11-7-10(14)12(17-11)13(15)16-2/h3-7H,14H2,1-2H3. The van der Waals surface area contributed by atoms with Gasteiger partial charge >= 0.3 is 5.97 Å². The Balaban J connectivity index is 2.49. The molecule has 0 aliphatic carbocycles. The lowest BCUT2D eigenvalue weighted by molar-refractivity contribution is 0.0607. The topological polar surface area (TPSA) is 52.3 Å². The van der Waals surface area contributed by atoms with Crippen molar-refractivity contribution in [3.05, 3.63) is 40.8 Å². The Morgan fingerprint density at radius 3 is 2.71 bits per heavy atom. The van der Waals surface area contributed by atoms with Gasteiger partial charge in [-0.2, -0.15) is 0 Å². The molecule has 0 aliphatic rings. The summed E-state index contributed by atoms with van der Waals surface area (Å²) >= 11 is 1.36. The van der Waals surface area contributed by atoms with E-state index in [-0.39, 0.29) is 5.97 Å². The van der Waals surface area contributed by atoms with Gasteiger partial charge in [0.2, 0.25) is 0 Å². The zero-order valence-electron chi connectivity index (χ0n) is 9.69. The number of hydrogen-bond donors (Lipinski definition) is 1. The first kappa shape index (κ1) is 11.7. The van der Waals surface area contributed by atoms with Crippen LogP contribution in [0.25, 0.3) is 10.4 Å². The van der Waals surface area contributed by atoms with Gasteiger partial charge < -0.3 is 10.5 Å². The van der Waals surface area contributed by atoms with Crippen LogP contribution in [-0.2, 0) is 4.74 Å². The van der Waals surface area contributed by atoms with Crippen molar-refractivity contribution in [1.82, 2.24) is 0 Å². The maximum Gasteiger partial charge on any atom is 0.350 e. The molecule has 0 atom stereocenters. The van der Waals surface area contributed by atoms with Crippen LogP contribution in [0.15, 0.2) is 30.3 Å². The van der Waals surface area contributed by atoms with Gasteiger partial charge in [0.1, 0.15) is 4.88 Å². The van der Waals surface area contributed by atoms with Gasteiger partial charge in [-0.15, -0.1) is 11.3 Å². The maximum absolute atomic E-state index is 11.5. The monoisotopic (exact) mass is 247 g/mol. The summed E-state index contributed by atoms with van der Waals surface area (Å²) in [6, 6.07) is 9.82. The number of nitrogen functional groups attached to an aromatic ring is 1. The Bertz CT molecular complexity index is 560. The van der Waals surface area contributed by atoms with Crippen molar-refractivity contribution in [3.8, 4) is 10.4 Å². The van der Waals surface area contributed by atoms with E-state index in [0.717, 1.165) is 16.0 Å². The highest BCUT2D eigenvalue weighted by Crippen LogP contribution is 2.35. The van der Waals surface area contributed by atoms with E-state index in [1.807, 2.05) is 37.3 Å². The Kier molecular flexibility index (Phi) is 3.15. The van der Waals surface area contributed by atoms with Crippen LogP contribution >= 0.6 is 11.3 Å². The van der Waals surface area contributed by atoms with Crippen LogP contribution in [0, 0.1) is 6.92 Å². The lowest BCUT2D eigenvalue weighted by atomic mass is 10.1. The highest BCUT2D eigenvalue weighted by molar-refractivity contribution is 7.18. The molecule has 3 nitrogen and oxygen atoms in total. The molecule has 0 saturated heterocycles. The highest BCUT2D eigenvalue weighted by Gasteiger charge is 2.16. The van der Waals surface area contributed by atoms with E-state index in [0.29, 0.717) is 10.6 Å². The third kappa shape index (κ3) is 2.17. The molecule has 0 radical (unpaired) electrons. The number of rotatable bonds is 2. The van der Waals surface area contributed by atoms with Crippen molar-refractivity contribution in [2.45, 2.75) is 6.92 Å². The van der Waals surface area contributed by atoms with Crippen molar-refractivity contribution in [2.75, 3.05) is 12.8 Å². The molecule has 4 heteroatoms. The van der Waals surface area contributed by atoms with Crippen LogP contribution in [0.3, 0.4) is 0 Å². The van der Waals surface area contributed by atoms with Crippen LogP contribution < -0.4 is 5.73 Å². The van der Waals surface area contributed by atoms with E-state index in [1.54, 1.807) is 0 Å². The number of methoxy groups -OCH3 is 1. The quantitative estimate of drug-likeness (QED) is 0.830. The van der Waals surface area contributed by atoms with Gasteiger partial charge in [-0.05, 0) is 24.1 Å². The van der Waals surface area contributed by atoms with Gasteiger partial charge in [0.05, 0.1) is 12.8 Å². The van der Waals surface area contributed by atoms with Gasteiger partial charge in [0.25, 0.3) is 0 Å². The molecule has 1 aromatic carbocycles. The number of esters is 1. The van der Waals surface area contributed by atoms with Crippen LogP contribution in [0.2, 0.25) is 0 Å². The second-order valence-electron chi connectivity index (χ2n) is 3.70. The zero-order chi connectivity index (χ0) is 12.4. The average molecular weight is 247 g/mol. The fraction of sp³-hybridized carbons (Fsp3) is 0.154. The largest absolute Gasteiger partial charge is 0.465 e. The number of carbonyl (C=O) groups excluding carboxylic acids is 1. The van der Waals surface area contributed by atoms with E-state index < -0.39 is 0 Å². The lowest BCUT2D eigenvalue weighted by Crippen LogP contribution is -2.00. The predicted molar refractivity (Wildman–Crippen MR) is 70.2 cm³/mol. The molecule has 0 saturated carbocycles. The van der Waals surface area contributed by atoms with Gasteiger partial charge in [-0.1, -0.05) is 24.3 Å². The first-order chi connectivity index (χ1) is 8.13. The summed E-state index contributed by atoms with van der Waals surface area (Å²) < 4.78 is 4.69. The number of benzene rings is 1. The summed E-state index contributed by atoms with van der Waals surface area (Å²) in [5.74, 6) is -0.382. The number of ether oxygens (including phenoxy) is 1. The molecule has 0 fully saturated rings. The molecule has 2 rings (SSSR count). The average Bonchev–Trinajstić information content (AvgIpc) is 2.71. The van der Waals surface area contributed by atoms with Gasteiger partial charge in [0, 0.05) is 4.88 Å². The minimum Gasteiger partial charge on any atom is -0.465 e. The maximum atomic E-state index is 11.5. The van der Waals surface area contributed by atoms with Gasteiger partial charge in [0.15, 0.2) is 0 Å². The summed E-state index contributed by atoms with van der Waals surface area (Å²) in [6.45, 7) is 2.03. The molecular weight excluding hydrogens is 234 g/mol. The van der Waals surface area contributed by atoms with Crippen molar-refractivity contribution >= 4 is 23.0 Å². The second kappa shape index (κ2) is 4.59. The Hall–Kier alpha value is -1.81. The highest BCUT2D eigenvalue weighted by atomic mass is 32.1. The first-order valence-corrected chi connectivity index (χ1v) is 5.98. The van der Waals surface area contributed by atoms with Crippen LogP contribution in [-0.4, -0.2) is 13.1 Å². The Labute approximate surface area is 104 Å². The number of anilines is 1. The van der Waals surface area contributed by atoms with E-state index in [2.05, 4.69) is 4.74 Å². The molecule has 1 aromatic heterocycles. The van der Waals surface area contributed by atoms with Gasteiger partial charge in [-0.25, -0.2) is 4.79 Å². The van der Waals surface area contributed by atoms with Crippen molar-refractivity contribution in [3.63, 3.8) is 0 Å². The number of hydrogen-bond acceptors (Lipinski definition) is 4. The molecular formula is C13H13NO2S. The van der Waals surface area contributed by atoms with E-state index >= 15 is 0 Å². The molecule has 1 heterocycles. The number of thiophene rings is 1. The predicted octanol–water partition coefficient (Wildman–Crippen LogP) is 3.09. The van der Waals surface area contributed by atoms with Crippen LogP contribution in [0.5, 0.6) is 0 Å². The third-order valence-corrected chi connectivity index (χ3v) is 3.71. The zero-order valence-corrected chi connectivity index (χ0v) is 10.5. The van der Waals surface area contributed by atoms with E-state index in [4.69, 9.17) is 5.73 Å². The number of carbonyl (C=O) groups is 1. The first-order valence-electron chi connectivity index (χ1n) is 5.17. The Morgan fingerprint density at radius 2 is 2.06 bits per heavy atom. The molecule has 0 amide bonds. The summed E-state index contributed by atoms with van der Waals surface area (Å²) in [7, 11) is 1.36. The number of nitrogens with two attached hydrogens (primary N) is 1. The molecule has 2 aromatic rings. The van der Waals surface area contributed by atoms with E-state index in [1.165, 1.54) is 18.4 Å². The number of aryl methyl sites for hydroxylation is 1. The smallest absolute Gasteiger partial charge is 0.350 e. The fourth-order valence-corrected chi connectivity index (χ4v) is 2.73. The third-order valence-electron chi connectivity index (χ3n) is 2.54. The van der Waals surface area contributed by atoms with E-state index in [9.17, 15) is 4.79 Å². The summed E-state index contributed by atoms with van der Waals surface area (Å²) in [5, 5.41) is 0. The van der Waals surface area contributed by atoms with Crippen molar-refractivity contribution in [1.29, 1.82) is 0 Å². The fourth-order valence-electron chi connectivity index (χ4n) is 1.64. The lowest BCUT2D eigenvalue weighted by Gasteiger charge is -2.01. The van der Waals surface area contributed by atoms with Crippen molar-refractivity contribution in [2.24, 2.45) is 0 Å². The van der Waals surface area contributed by atoms with Crippen LogP contribution in [0.4, 0.5) is 5.69 Å². The molecule has 0 spiro atoms. The molecule has 17 heavy (non-hydrogen) atoms. The minimum atomic E-state index is -0.382. The van der Waals surface area contributed by atoms with Gasteiger partial charge in [-0.3, -0.25) is 0 Å². The molecule has 0 unspecified atom stereocenters. The molecule has 0 bridgehead atoms. The summed E-state index contributed by atoms with van der Waals surface area (Å²) in [6.07, 6.45) is 0. The summed E-state index contributed by atoms with van der Waals surface area (Å²) in [4.78, 5) is 12.9.